The van der Waals surface area contributed by atoms with E-state index in [0.29, 0.717) is 39.0 Å². The molecule has 2 heterocycles. The number of nitrogens with zero attached hydrogens (tertiary/aromatic N) is 2. The first-order valence-corrected chi connectivity index (χ1v) is 9.13. The Kier molecular flexibility index (Phi) is 5.02. The number of amides is 3. The molecule has 8 nitrogen and oxygen atoms in total. The molecule has 0 bridgehead atoms. The van der Waals surface area contributed by atoms with Crippen molar-refractivity contribution in [1.82, 2.24) is 15.1 Å². The van der Waals surface area contributed by atoms with Gasteiger partial charge in [-0.25, -0.2) is 0 Å². The quantitative estimate of drug-likeness (QED) is 0.576. The van der Waals surface area contributed by atoms with Crippen LogP contribution in [0.5, 0.6) is 0 Å². The molecular weight excluding hydrogens is 324 g/mol. The van der Waals surface area contributed by atoms with E-state index in [1.165, 1.54) is 4.90 Å². The normalized spacial score (nSPS) is 31.3. The fraction of sp³-hybridized carbons (Fsp3) is 0.824. The van der Waals surface area contributed by atoms with Gasteiger partial charge in [-0.05, 0) is 38.0 Å². The summed E-state index contributed by atoms with van der Waals surface area (Å²) < 4.78 is 0. The summed E-state index contributed by atoms with van der Waals surface area (Å²) in [6.45, 7) is 3.54. The predicted molar refractivity (Wildman–Crippen MR) is 90.3 cm³/mol. The summed E-state index contributed by atoms with van der Waals surface area (Å²) >= 11 is 0. The number of piperidine rings is 1. The van der Waals surface area contributed by atoms with Crippen LogP contribution in [0.4, 0.5) is 0 Å². The van der Waals surface area contributed by atoms with Gasteiger partial charge in [-0.2, -0.15) is 0 Å². The Morgan fingerprint density at radius 3 is 2.68 bits per heavy atom. The average Bonchev–Trinajstić information content (AvgIpc) is 3.34. The van der Waals surface area contributed by atoms with Gasteiger partial charge in [0.25, 0.3) is 0 Å². The van der Waals surface area contributed by atoms with Crippen molar-refractivity contribution in [2.45, 2.75) is 57.2 Å². The molecule has 1 aliphatic carbocycles. The number of primary amides is 1. The van der Waals surface area contributed by atoms with Crippen molar-refractivity contribution in [3.05, 3.63) is 0 Å². The van der Waals surface area contributed by atoms with Crippen LogP contribution in [0.15, 0.2) is 0 Å². The highest BCUT2D eigenvalue weighted by atomic mass is 16.3. The molecule has 25 heavy (non-hydrogen) atoms. The van der Waals surface area contributed by atoms with Crippen LogP contribution in [0.3, 0.4) is 0 Å². The highest BCUT2D eigenvalue weighted by Gasteiger charge is 2.51. The Morgan fingerprint density at radius 1 is 1.36 bits per heavy atom. The summed E-state index contributed by atoms with van der Waals surface area (Å²) in [7, 11) is 0. The minimum absolute atomic E-state index is 0.000747. The first-order chi connectivity index (χ1) is 11.8. The summed E-state index contributed by atoms with van der Waals surface area (Å²) in [6, 6.07) is -1.01. The number of likely N-dealkylation sites (tertiary alicyclic amines) is 1. The van der Waals surface area contributed by atoms with Crippen molar-refractivity contribution in [1.29, 1.82) is 0 Å². The molecule has 1 spiro atoms. The summed E-state index contributed by atoms with van der Waals surface area (Å²) in [6.07, 6.45) is 3.37. The van der Waals surface area contributed by atoms with E-state index in [0.717, 1.165) is 19.3 Å². The number of β-amino-alcohol motifs (C(OH)–C–C–N with tert-alkyl or cyclic N) is 1. The smallest absolute Gasteiger partial charge is 0.241 e. The number of nitrogens with two attached hydrogens (primary N) is 1. The van der Waals surface area contributed by atoms with Crippen molar-refractivity contribution in [2.24, 2.45) is 11.1 Å². The summed E-state index contributed by atoms with van der Waals surface area (Å²) in [4.78, 5) is 39.4. The summed E-state index contributed by atoms with van der Waals surface area (Å²) in [5.74, 6) is -0.694. The number of carbonyl (C=O) groups is 3. The van der Waals surface area contributed by atoms with Crippen LogP contribution < -0.4 is 11.1 Å². The van der Waals surface area contributed by atoms with Crippen LogP contribution in [-0.4, -0.2) is 77.0 Å². The van der Waals surface area contributed by atoms with Gasteiger partial charge in [0.05, 0.1) is 12.1 Å². The molecule has 3 fully saturated rings. The molecule has 0 aromatic heterocycles. The summed E-state index contributed by atoms with van der Waals surface area (Å²) in [5, 5.41) is 13.2. The van der Waals surface area contributed by atoms with Crippen molar-refractivity contribution in [3.63, 3.8) is 0 Å². The maximum Gasteiger partial charge on any atom is 0.241 e. The topological polar surface area (TPSA) is 116 Å². The number of nitrogens with one attached hydrogen (secondary N) is 1. The van der Waals surface area contributed by atoms with E-state index in [1.54, 1.807) is 11.8 Å². The van der Waals surface area contributed by atoms with Crippen LogP contribution in [0.2, 0.25) is 0 Å². The number of piperazine rings is 1. The first kappa shape index (κ1) is 18.1. The Hall–Kier alpha value is -1.67. The van der Waals surface area contributed by atoms with Gasteiger partial charge >= 0.3 is 0 Å². The molecule has 0 aromatic rings. The molecule has 4 N–H and O–H groups in total. The maximum atomic E-state index is 12.4. The van der Waals surface area contributed by atoms with E-state index in [1.807, 2.05) is 0 Å². The third kappa shape index (κ3) is 3.64. The lowest BCUT2D eigenvalue weighted by atomic mass is 9.90. The minimum Gasteiger partial charge on any atom is -0.391 e. The van der Waals surface area contributed by atoms with E-state index >= 15 is 0 Å². The molecule has 1 saturated carbocycles. The second-order valence-electron chi connectivity index (χ2n) is 7.65. The Bertz CT molecular complexity index is 563. The molecule has 3 atom stereocenters. The number of hydrogen-bond acceptors (Lipinski definition) is 5. The molecule has 0 aromatic carbocycles. The highest BCUT2D eigenvalue weighted by molar-refractivity contribution is 5.90. The lowest BCUT2D eigenvalue weighted by Crippen LogP contribution is -2.63. The minimum atomic E-state index is -0.662. The van der Waals surface area contributed by atoms with Gasteiger partial charge in [0.15, 0.2) is 0 Å². The lowest BCUT2D eigenvalue weighted by molar-refractivity contribution is -0.144. The SMILES string of the molecule is C[C@@H]1NC[C@@H](C(N)=O)N(CCCC(=O)N2CCC3(CC3)C(O)C2)C1=O. The molecule has 0 radical (unpaired) electrons. The number of hydrogen-bond donors (Lipinski definition) is 3. The van der Waals surface area contributed by atoms with Crippen molar-refractivity contribution >= 4 is 17.7 Å². The molecule has 3 amide bonds. The number of aliphatic hydroxyl groups is 1. The number of rotatable bonds is 5. The van der Waals surface area contributed by atoms with E-state index in [9.17, 15) is 19.5 Å². The number of carbonyl (C=O) groups excluding carboxylic acids is 3. The van der Waals surface area contributed by atoms with Gasteiger partial charge in [-0.1, -0.05) is 0 Å². The van der Waals surface area contributed by atoms with Gasteiger partial charge in [0.2, 0.25) is 17.7 Å². The Balaban J connectivity index is 1.48. The molecule has 2 aliphatic heterocycles. The van der Waals surface area contributed by atoms with Gasteiger partial charge in [-0.15, -0.1) is 0 Å². The fourth-order valence-corrected chi connectivity index (χ4v) is 3.96. The zero-order chi connectivity index (χ0) is 18.2. The van der Waals surface area contributed by atoms with Crippen LogP contribution in [0, 0.1) is 5.41 Å². The van der Waals surface area contributed by atoms with Gasteiger partial charge in [0.1, 0.15) is 6.04 Å². The molecule has 2 saturated heterocycles. The second kappa shape index (κ2) is 6.92. The maximum absolute atomic E-state index is 12.4. The molecule has 1 unspecified atom stereocenters. The molecule has 140 valence electrons. The van der Waals surface area contributed by atoms with Crippen molar-refractivity contribution < 1.29 is 19.5 Å². The number of aliphatic hydroxyl groups excluding tert-OH is 1. The largest absolute Gasteiger partial charge is 0.391 e. The standard InChI is InChI=1S/C17H28N4O4/c1-11-16(25)21(12(9-19-11)15(18)24)7-2-3-14(23)20-8-6-17(4-5-17)13(22)10-20/h11-13,19,22H,2-10H2,1H3,(H2,18,24)/t11-,12-,13?/m0/s1. The monoisotopic (exact) mass is 352 g/mol. The van der Waals surface area contributed by atoms with Crippen LogP contribution in [0.25, 0.3) is 0 Å². The Morgan fingerprint density at radius 2 is 2.08 bits per heavy atom. The van der Waals surface area contributed by atoms with Gasteiger partial charge < -0.3 is 26.0 Å². The van der Waals surface area contributed by atoms with E-state index in [2.05, 4.69) is 5.32 Å². The van der Waals surface area contributed by atoms with E-state index in [-0.39, 0.29) is 23.3 Å². The van der Waals surface area contributed by atoms with Crippen LogP contribution in [0.1, 0.15) is 39.0 Å². The third-order valence-corrected chi connectivity index (χ3v) is 5.99. The zero-order valence-corrected chi connectivity index (χ0v) is 14.7. The van der Waals surface area contributed by atoms with E-state index < -0.39 is 18.1 Å². The lowest BCUT2D eigenvalue weighted by Gasteiger charge is -2.38. The van der Waals surface area contributed by atoms with Crippen molar-refractivity contribution in [2.75, 3.05) is 26.2 Å². The molecule has 3 aliphatic rings. The molecule has 3 rings (SSSR count). The zero-order valence-electron chi connectivity index (χ0n) is 14.7. The highest BCUT2D eigenvalue weighted by Crippen LogP contribution is 2.53. The second-order valence-corrected chi connectivity index (χ2v) is 7.65. The van der Waals surface area contributed by atoms with E-state index in [4.69, 9.17) is 5.73 Å². The van der Waals surface area contributed by atoms with Gasteiger partial charge in [0, 0.05) is 32.6 Å². The fourth-order valence-electron chi connectivity index (χ4n) is 3.96. The predicted octanol–water partition coefficient (Wildman–Crippen LogP) is -1.19. The molecule has 8 heteroatoms. The molecular formula is C17H28N4O4. The first-order valence-electron chi connectivity index (χ1n) is 9.13. The van der Waals surface area contributed by atoms with Crippen LogP contribution >= 0.6 is 0 Å². The Labute approximate surface area is 147 Å². The van der Waals surface area contributed by atoms with Crippen LogP contribution in [-0.2, 0) is 14.4 Å². The van der Waals surface area contributed by atoms with Crippen molar-refractivity contribution in [3.8, 4) is 0 Å². The third-order valence-electron chi connectivity index (χ3n) is 5.99. The summed E-state index contributed by atoms with van der Waals surface area (Å²) in [5.41, 5.74) is 5.46. The average molecular weight is 352 g/mol. The van der Waals surface area contributed by atoms with Gasteiger partial charge in [-0.3, -0.25) is 14.4 Å².